The van der Waals surface area contributed by atoms with Crippen molar-refractivity contribution < 1.29 is 4.79 Å². The van der Waals surface area contributed by atoms with Gasteiger partial charge in [0.15, 0.2) is 5.15 Å². The highest BCUT2D eigenvalue weighted by Crippen LogP contribution is 2.37. The Bertz CT molecular complexity index is 640. The van der Waals surface area contributed by atoms with E-state index < -0.39 is 0 Å². The van der Waals surface area contributed by atoms with E-state index >= 15 is 0 Å². The summed E-state index contributed by atoms with van der Waals surface area (Å²) >= 11 is 5.99. The van der Waals surface area contributed by atoms with Crippen LogP contribution in [0.4, 0.5) is 5.69 Å². The molecule has 0 atom stereocenters. The van der Waals surface area contributed by atoms with E-state index in [1.54, 1.807) is 37.8 Å². The summed E-state index contributed by atoms with van der Waals surface area (Å²) in [5.41, 5.74) is 1.00. The average molecular weight is 289 g/mol. The maximum absolute atomic E-state index is 12.4. The van der Waals surface area contributed by atoms with E-state index in [0.717, 1.165) is 18.7 Å². The molecule has 1 amide bonds. The van der Waals surface area contributed by atoms with Crippen LogP contribution >= 0.6 is 11.6 Å². The smallest absolute Gasteiger partial charge is 0.261 e. The third-order valence-corrected chi connectivity index (χ3v) is 3.56. The van der Waals surface area contributed by atoms with Crippen LogP contribution in [0.5, 0.6) is 0 Å². The molecule has 1 aliphatic carbocycles. The van der Waals surface area contributed by atoms with Gasteiger partial charge in [-0.2, -0.15) is 0 Å². The van der Waals surface area contributed by atoms with Crippen LogP contribution in [0.15, 0.2) is 30.7 Å². The molecule has 0 saturated heterocycles. The van der Waals surface area contributed by atoms with E-state index in [2.05, 4.69) is 15.0 Å². The Morgan fingerprint density at radius 3 is 2.60 bits per heavy atom. The first-order valence-corrected chi connectivity index (χ1v) is 6.75. The summed E-state index contributed by atoms with van der Waals surface area (Å²) in [5, 5.41) is 0.291. The predicted molar refractivity (Wildman–Crippen MR) is 76.0 cm³/mol. The van der Waals surface area contributed by atoms with Crippen molar-refractivity contribution in [1.82, 2.24) is 15.0 Å². The van der Waals surface area contributed by atoms with Crippen molar-refractivity contribution in [2.45, 2.75) is 18.8 Å². The molecular formula is C14H13ClN4O. The van der Waals surface area contributed by atoms with Crippen LogP contribution in [0, 0.1) is 0 Å². The largest absolute Gasteiger partial charge is 0.308 e. The van der Waals surface area contributed by atoms with Gasteiger partial charge in [0.05, 0.1) is 11.3 Å². The van der Waals surface area contributed by atoms with Crippen molar-refractivity contribution in [3.8, 4) is 0 Å². The molecule has 1 saturated carbocycles. The minimum Gasteiger partial charge on any atom is -0.308 e. The highest BCUT2D eigenvalue weighted by Gasteiger charge is 2.26. The molecule has 1 fully saturated rings. The summed E-state index contributed by atoms with van der Waals surface area (Å²) in [6.45, 7) is 0. The predicted octanol–water partition coefficient (Wildman–Crippen LogP) is 2.68. The molecule has 1 aliphatic rings. The fraction of sp³-hybridized carbons (Fsp3) is 0.286. The number of aromatic nitrogens is 3. The Balaban J connectivity index is 1.82. The number of amides is 1. The molecule has 2 heterocycles. The first kappa shape index (κ1) is 13.0. The Labute approximate surface area is 121 Å². The number of hydrogen-bond acceptors (Lipinski definition) is 4. The minimum atomic E-state index is -0.206. The van der Waals surface area contributed by atoms with Crippen molar-refractivity contribution in [2.24, 2.45) is 0 Å². The standard InChI is InChI=1S/C14H13ClN4O/c1-19(11-3-2-6-16-12(11)15)14(20)10-7-17-13(18-8-10)9-4-5-9/h2-3,6-9H,4-5H2,1H3. The van der Waals surface area contributed by atoms with Crippen molar-refractivity contribution >= 4 is 23.2 Å². The van der Waals surface area contributed by atoms with Crippen LogP contribution in [-0.4, -0.2) is 27.9 Å². The molecule has 0 aromatic carbocycles. The monoisotopic (exact) mass is 288 g/mol. The second-order valence-electron chi connectivity index (χ2n) is 4.78. The number of pyridine rings is 1. The van der Waals surface area contributed by atoms with Crippen LogP contribution in [-0.2, 0) is 0 Å². The molecule has 6 heteroatoms. The lowest BCUT2D eigenvalue weighted by molar-refractivity contribution is 0.0992. The van der Waals surface area contributed by atoms with Gasteiger partial charge in [0.25, 0.3) is 5.91 Å². The summed E-state index contributed by atoms with van der Waals surface area (Å²) < 4.78 is 0. The van der Waals surface area contributed by atoms with Gasteiger partial charge in [0.1, 0.15) is 5.82 Å². The average Bonchev–Trinajstić information content (AvgIpc) is 3.31. The van der Waals surface area contributed by atoms with E-state index in [1.807, 2.05) is 0 Å². The van der Waals surface area contributed by atoms with E-state index in [0.29, 0.717) is 22.3 Å². The van der Waals surface area contributed by atoms with Gasteiger partial charge < -0.3 is 4.90 Å². The fourth-order valence-corrected chi connectivity index (χ4v) is 2.18. The lowest BCUT2D eigenvalue weighted by Crippen LogP contribution is -2.27. The van der Waals surface area contributed by atoms with Gasteiger partial charge in [0, 0.05) is 31.6 Å². The molecule has 0 unspecified atom stereocenters. The molecule has 2 aromatic heterocycles. The molecule has 102 valence electrons. The molecule has 0 spiro atoms. The van der Waals surface area contributed by atoms with Gasteiger partial charge in [-0.15, -0.1) is 0 Å². The number of nitrogens with zero attached hydrogens (tertiary/aromatic N) is 4. The van der Waals surface area contributed by atoms with Gasteiger partial charge in [-0.05, 0) is 25.0 Å². The normalized spacial score (nSPS) is 14.1. The molecule has 0 N–H and O–H groups in total. The molecular weight excluding hydrogens is 276 g/mol. The molecule has 0 radical (unpaired) electrons. The summed E-state index contributed by atoms with van der Waals surface area (Å²) in [6, 6.07) is 3.48. The number of rotatable bonds is 3. The van der Waals surface area contributed by atoms with Crippen molar-refractivity contribution in [3.63, 3.8) is 0 Å². The van der Waals surface area contributed by atoms with Crippen LogP contribution in [0.25, 0.3) is 0 Å². The first-order chi connectivity index (χ1) is 9.66. The highest BCUT2D eigenvalue weighted by molar-refractivity contribution is 6.32. The minimum absolute atomic E-state index is 0.206. The van der Waals surface area contributed by atoms with Crippen LogP contribution in [0.1, 0.15) is 34.9 Å². The Kier molecular flexibility index (Phi) is 3.36. The van der Waals surface area contributed by atoms with E-state index in [4.69, 9.17) is 11.6 Å². The van der Waals surface area contributed by atoms with Crippen molar-refractivity contribution in [1.29, 1.82) is 0 Å². The summed E-state index contributed by atoms with van der Waals surface area (Å²) in [4.78, 5) is 26.3. The fourth-order valence-electron chi connectivity index (χ4n) is 1.93. The zero-order valence-corrected chi connectivity index (χ0v) is 11.7. The molecule has 2 aromatic rings. The van der Waals surface area contributed by atoms with Gasteiger partial charge >= 0.3 is 0 Å². The molecule has 0 bridgehead atoms. The summed E-state index contributed by atoms with van der Waals surface area (Å²) in [5.74, 6) is 1.09. The Morgan fingerprint density at radius 2 is 2.00 bits per heavy atom. The van der Waals surface area contributed by atoms with Gasteiger partial charge in [-0.1, -0.05) is 11.6 Å². The molecule has 0 aliphatic heterocycles. The van der Waals surface area contributed by atoms with Gasteiger partial charge in [-0.25, -0.2) is 15.0 Å². The number of carbonyl (C=O) groups excluding carboxylic acids is 1. The van der Waals surface area contributed by atoms with E-state index in [9.17, 15) is 4.79 Å². The molecule has 5 nitrogen and oxygen atoms in total. The Morgan fingerprint density at radius 1 is 1.30 bits per heavy atom. The van der Waals surface area contributed by atoms with Crippen LogP contribution in [0.2, 0.25) is 5.15 Å². The van der Waals surface area contributed by atoms with Crippen molar-refractivity contribution in [3.05, 3.63) is 47.3 Å². The zero-order chi connectivity index (χ0) is 14.1. The van der Waals surface area contributed by atoms with Crippen LogP contribution in [0.3, 0.4) is 0 Å². The molecule has 20 heavy (non-hydrogen) atoms. The first-order valence-electron chi connectivity index (χ1n) is 6.37. The van der Waals surface area contributed by atoms with Gasteiger partial charge in [0.2, 0.25) is 0 Å². The third kappa shape index (κ3) is 2.49. The molecule has 3 rings (SSSR count). The number of halogens is 1. The number of anilines is 1. The lowest BCUT2D eigenvalue weighted by atomic mass is 10.2. The highest BCUT2D eigenvalue weighted by atomic mass is 35.5. The van der Waals surface area contributed by atoms with E-state index in [-0.39, 0.29) is 5.91 Å². The second-order valence-corrected chi connectivity index (χ2v) is 5.14. The maximum atomic E-state index is 12.4. The number of hydrogen-bond donors (Lipinski definition) is 0. The maximum Gasteiger partial charge on any atom is 0.261 e. The third-order valence-electron chi connectivity index (χ3n) is 3.27. The summed E-state index contributed by atoms with van der Waals surface area (Å²) in [7, 11) is 1.65. The second kappa shape index (κ2) is 5.17. The van der Waals surface area contributed by atoms with Crippen molar-refractivity contribution in [2.75, 3.05) is 11.9 Å². The SMILES string of the molecule is CN(C(=O)c1cnc(C2CC2)nc1)c1cccnc1Cl. The number of carbonyl (C=O) groups is 1. The van der Waals surface area contributed by atoms with E-state index in [1.165, 1.54) is 4.90 Å². The Hall–Kier alpha value is -2.01. The van der Waals surface area contributed by atoms with Crippen LogP contribution < -0.4 is 4.90 Å². The topological polar surface area (TPSA) is 59.0 Å². The lowest BCUT2D eigenvalue weighted by Gasteiger charge is -2.17. The van der Waals surface area contributed by atoms with Gasteiger partial charge in [-0.3, -0.25) is 4.79 Å². The zero-order valence-electron chi connectivity index (χ0n) is 11.0. The quantitative estimate of drug-likeness (QED) is 0.815. The summed E-state index contributed by atoms with van der Waals surface area (Å²) in [6.07, 6.45) is 7.00.